The molecule has 1 unspecified atom stereocenters. The fraction of sp³-hybridized carbons (Fsp3) is 0.231. The summed E-state index contributed by atoms with van der Waals surface area (Å²) in [6, 6.07) is 13.4. The average molecular weight is 466 g/mol. The van der Waals surface area contributed by atoms with E-state index < -0.39 is 11.6 Å². The zero-order valence-electron chi connectivity index (χ0n) is 19.4. The molecule has 2 amide bonds. The summed E-state index contributed by atoms with van der Waals surface area (Å²) in [5.41, 5.74) is 3.40. The van der Waals surface area contributed by atoms with E-state index in [4.69, 9.17) is 9.47 Å². The Hall–Kier alpha value is -3.94. The number of nitrogens with zero attached hydrogens (tertiary/aromatic N) is 2. The zero-order chi connectivity index (χ0) is 24.4. The van der Waals surface area contributed by atoms with Gasteiger partial charge < -0.3 is 14.8 Å². The topological polar surface area (TPSA) is 63.2 Å². The molecule has 0 bridgehead atoms. The molecule has 176 valence electrons. The number of hydrogen-bond acceptors (Lipinski definition) is 4. The third-order valence-electron chi connectivity index (χ3n) is 5.82. The van der Waals surface area contributed by atoms with Crippen LogP contribution in [0.25, 0.3) is 11.1 Å². The van der Waals surface area contributed by atoms with Crippen molar-refractivity contribution in [2.75, 3.05) is 21.3 Å². The van der Waals surface area contributed by atoms with Crippen LogP contribution in [0.3, 0.4) is 0 Å². The summed E-state index contributed by atoms with van der Waals surface area (Å²) in [6.45, 7) is 1.89. The lowest BCUT2D eigenvalue weighted by Gasteiger charge is -2.22. The maximum Gasteiger partial charge on any atom is 0.337 e. The van der Waals surface area contributed by atoms with Crippen LogP contribution in [0.4, 0.5) is 13.6 Å². The molecule has 4 rings (SSSR count). The van der Waals surface area contributed by atoms with Gasteiger partial charge in [-0.25, -0.2) is 18.6 Å². The van der Waals surface area contributed by atoms with E-state index in [1.165, 1.54) is 49.5 Å². The number of hydrazone groups is 1. The molecule has 0 aliphatic carbocycles. The van der Waals surface area contributed by atoms with Crippen LogP contribution in [0.15, 0.2) is 59.7 Å². The minimum atomic E-state index is -0.488. The van der Waals surface area contributed by atoms with Gasteiger partial charge in [-0.05, 0) is 54.8 Å². The van der Waals surface area contributed by atoms with Crippen LogP contribution in [0.1, 0.15) is 23.6 Å². The van der Waals surface area contributed by atoms with Crippen LogP contribution in [-0.4, -0.2) is 44.1 Å². The highest BCUT2D eigenvalue weighted by molar-refractivity contribution is 6.14. The minimum absolute atomic E-state index is 0.266. The molecule has 1 aliphatic rings. The van der Waals surface area contributed by atoms with Crippen molar-refractivity contribution in [3.05, 3.63) is 82.9 Å². The van der Waals surface area contributed by atoms with E-state index in [-0.39, 0.29) is 12.1 Å². The lowest BCUT2D eigenvalue weighted by Crippen LogP contribution is -2.41. The molecule has 0 saturated carbocycles. The molecular formula is C26H25F2N3O3. The number of carbonyl (C=O) groups excluding carboxylic acids is 1. The molecule has 1 atom stereocenters. The summed E-state index contributed by atoms with van der Waals surface area (Å²) in [7, 11) is 4.62. The number of halogens is 2. The Labute approximate surface area is 196 Å². The number of nitrogens with one attached hydrogen (secondary N) is 1. The molecule has 6 nitrogen and oxygen atoms in total. The number of rotatable bonds is 4. The van der Waals surface area contributed by atoms with Gasteiger partial charge in [-0.2, -0.15) is 5.10 Å². The number of methoxy groups -OCH3 is 2. The largest absolute Gasteiger partial charge is 0.493 e. The molecule has 34 heavy (non-hydrogen) atoms. The van der Waals surface area contributed by atoms with Crippen LogP contribution < -0.4 is 14.8 Å². The lowest BCUT2D eigenvalue weighted by atomic mass is 9.93. The van der Waals surface area contributed by atoms with Crippen molar-refractivity contribution in [1.29, 1.82) is 0 Å². The molecule has 0 spiro atoms. The standard InChI is InChI=1S/C26H25F2N3O3/c1-15-11-18-13-23(33-3)24(34-4)14-21(18)25(30-31(15)26(32)29-2)17-7-10-20(22(28)12-17)16-5-8-19(27)9-6-16/h5-10,12-15H,11H2,1-4H3,(H,29,32). The number of ether oxygens (including phenoxy) is 2. The van der Waals surface area contributed by atoms with Crippen molar-refractivity contribution in [2.24, 2.45) is 5.10 Å². The van der Waals surface area contributed by atoms with E-state index >= 15 is 4.39 Å². The van der Waals surface area contributed by atoms with Crippen LogP contribution in [0.2, 0.25) is 0 Å². The van der Waals surface area contributed by atoms with Gasteiger partial charge in [0.1, 0.15) is 11.6 Å². The maximum atomic E-state index is 15.2. The summed E-state index contributed by atoms with van der Waals surface area (Å²) in [5, 5.41) is 8.62. The highest BCUT2D eigenvalue weighted by Crippen LogP contribution is 2.35. The monoisotopic (exact) mass is 465 g/mol. The van der Waals surface area contributed by atoms with Crippen molar-refractivity contribution in [2.45, 2.75) is 19.4 Å². The molecule has 3 aromatic carbocycles. The number of urea groups is 1. The zero-order valence-corrected chi connectivity index (χ0v) is 19.4. The van der Waals surface area contributed by atoms with Crippen LogP contribution in [0, 0.1) is 11.6 Å². The van der Waals surface area contributed by atoms with Gasteiger partial charge in [-0.3, -0.25) is 0 Å². The quantitative estimate of drug-likeness (QED) is 0.591. The first kappa shape index (κ1) is 23.2. The molecule has 8 heteroatoms. The third-order valence-corrected chi connectivity index (χ3v) is 5.82. The number of carbonyl (C=O) groups is 1. The molecule has 0 fully saturated rings. The van der Waals surface area contributed by atoms with Gasteiger partial charge in [0.15, 0.2) is 11.5 Å². The second kappa shape index (κ2) is 9.51. The Morgan fingerprint density at radius 1 is 0.971 bits per heavy atom. The molecule has 0 radical (unpaired) electrons. The second-order valence-electron chi connectivity index (χ2n) is 7.97. The summed E-state index contributed by atoms with van der Waals surface area (Å²) in [5.74, 6) is 0.174. The third kappa shape index (κ3) is 4.31. The molecular weight excluding hydrogens is 440 g/mol. The van der Waals surface area contributed by atoms with Crippen LogP contribution in [0.5, 0.6) is 11.5 Å². The van der Waals surface area contributed by atoms with Crippen LogP contribution >= 0.6 is 0 Å². The number of fused-ring (bicyclic) bond motifs is 1. The highest BCUT2D eigenvalue weighted by Gasteiger charge is 2.28. The Kier molecular flexibility index (Phi) is 6.49. The summed E-state index contributed by atoms with van der Waals surface area (Å²) >= 11 is 0. The first-order chi connectivity index (χ1) is 16.4. The van der Waals surface area contributed by atoms with E-state index in [9.17, 15) is 9.18 Å². The van der Waals surface area contributed by atoms with Crippen LogP contribution in [-0.2, 0) is 6.42 Å². The normalized spacial score (nSPS) is 15.2. The van der Waals surface area contributed by atoms with Gasteiger partial charge in [0.2, 0.25) is 0 Å². The molecule has 0 aromatic heterocycles. The van der Waals surface area contributed by atoms with Gasteiger partial charge >= 0.3 is 6.03 Å². The molecule has 1 aliphatic heterocycles. The van der Waals surface area contributed by atoms with E-state index in [1.54, 1.807) is 25.3 Å². The average Bonchev–Trinajstić information content (AvgIpc) is 2.98. The van der Waals surface area contributed by atoms with E-state index in [2.05, 4.69) is 10.4 Å². The Morgan fingerprint density at radius 3 is 2.24 bits per heavy atom. The highest BCUT2D eigenvalue weighted by atomic mass is 19.1. The van der Waals surface area contributed by atoms with Crippen molar-refractivity contribution in [3.63, 3.8) is 0 Å². The van der Waals surface area contributed by atoms with Gasteiger partial charge in [-0.1, -0.05) is 24.3 Å². The van der Waals surface area contributed by atoms with Gasteiger partial charge in [0.05, 0.1) is 26.0 Å². The van der Waals surface area contributed by atoms with Crippen molar-refractivity contribution < 1.29 is 23.0 Å². The van der Waals surface area contributed by atoms with Crippen molar-refractivity contribution in [1.82, 2.24) is 10.3 Å². The van der Waals surface area contributed by atoms with E-state index in [0.29, 0.717) is 45.9 Å². The van der Waals surface area contributed by atoms with E-state index in [1.807, 2.05) is 13.0 Å². The molecule has 3 aromatic rings. The summed E-state index contributed by atoms with van der Waals surface area (Å²) < 4.78 is 39.5. The summed E-state index contributed by atoms with van der Waals surface area (Å²) in [6.07, 6.45) is 0.506. The molecule has 1 heterocycles. The predicted molar refractivity (Wildman–Crippen MR) is 126 cm³/mol. The fourth-order valence-corrected chi connectivity index (χ4v) is 4.07. The van der Waals surface area contributed by atoms with Gasteiger partial charge in [-0.15, -0.1) is 0 Å². The first-order valence-corrected chi connectivity index (χ1v) is 10.8. The van der Waals surface area contributed by atoms with Crippen molar-refractivity contribution >= 4 is 11.7 Å². The van der Waals surface area contributed by atoms with Gasteiger partial charge in [0.25, 0.3) is 0 Å². The SMILES string of the molecule is CNC(=O)N1N=C(c2ccc(-c3ccc(F)cc3)c(F)c2)c2cc(OC)c(OC)cc2CC1C. The number of benzene rings is 3. The fourth-order valence-electron chi connectivity index (χ4n) is 4.07. The molecule has 0 saturated heterocycles. The Balaban J connectivity index is 1.89. The number of hydrogen-bond donors (Lipinski definition) is 1. The maximum absolute atomic E-state index is 15.2. The minimum Gasteiger partial charge on any atom is -0.493 e. The Bertz CT molecular complexity index is 1260. The summed E-state index contributed by atoms with van der Waals surface area (Å²) in [4.78, 5) is 12.6. The Morgan fingerprint density at radius 2 is 1.62 bits per heavy atom. The molecule has 1 N–H and O–H groups in total. The predicted octanol–water partition coefficient (Wildman–Crippen LogP) is 4.99. The van der Waals surface area contributed by atoms with Crippen molar-refractivity contribution in [3.8, 4) is 22.6 Å². The second-order valence-corrected chi connectivity index (χ2v) is 7.97. The van der Waals surface area contributed by atoms with E-state index in [0.717, 1.165) is 5.56 Å². The first-order valence-electron chi connectivity index (χ1n) is 10.8. The smallest absolute Gasteiger partial charge is 0.337 e. The number of amides is 2. The lowest BCUT2D eigenvalue weighted by molar-refractivity contribution is 0.184. The van der Waals surface area contributed by atoms with Gasteiger partial charge in [0, 0.05) is 23.7 Å².